The van der Waals surface area contributed by atoms with E-state index < -0.39 is 0 Å². The maximum atomic E-state index is 5.71. The first-order valence-corrected chi connectivity index (χ1v) is 7.47. The van der Waals surface area contributed by atoms with Gasteiger partial charge in [0.05, 0.1) is 0 Å². The van der Waals surface area contributed by atoms with Crippen molar-refractivity contribution >= 4 is 0 Å². The highest BCUT2D eigenvalue weighted by Crippen LogP contribution is 2.40. The molecule has 5 heteroatoms. The fraction of sp³-hybridized carbons (Fsp3) is 0.500. The number of hydrogen-bond acceptors (Lipinski definition) is 5. The van der Waals surface area contributed by atoms with Crippen molar-refractivity contribution < 1.29 is 9.26 Å². The normalized spacial score (nSPS) is 17.2. The minimum absolute atomic E-state index is 0.370. The van der Waals surface area contributed by atoms with Crippen LogP contribution >= 0.6 is 0 Å². The third-order valence-corrected chi connectivity index (χ3v) is 4.30. The molecule has 0 saturated heterocycles. The number of methoxy groups -OCH3 is 1. The maximum absolute atomic E-state index is 5.71. The zero-order valence-corrected chi connectivity index (χ0v) is 12.3. The summed E-state index contributed by atoms with van der Waals surface area (Å²) in [4.78, 5) is 4.60. The average molecular weight is 287 g/mol. The van der Waals surface area contributed by atoms with Gasteiger partial charge >= 0.3 is 0 Å². The van der Waals surface area contributed by atoms with Gasteiger partial charge in [0.2, 0.25) is 5.82 Å². The molecule has 0 unspecified atom stereocenters. The van der Waals surface area contributed by atoms with Crippen LogP contribution in [0.1, 0.15) is 37.1 Å². The van der Waals surface area contributed by atoms with Gasteiger partial charge in [0.15, 0.2) is 0 Å². The molecular weight excluding hydrogens is 266 g/mol. The molecule has 0 amide bonds. The van der Waals surface area contributed by atoms with Crippen LogP contribution in [0, 0.1) is 0 Å². The van der Waals surface area contributed by atoms with Gasteiger partial charge in [0.1, 0.15) is 5.60 Å². The minimum Gasteiger partial charge on any atom is -0.370 e. The van der Waals surface area contributed by atoms with Gasteiger partial charge in [-0.3, -0.25) is 0 Å². The van der Waals surface area contributed by atoms with Crippen molar-refractivity contribution in [3.8, 4) is 11.5 Å². The Bertz CT molecular complexity index is 603. The van der Waals surface area contributed by atoms with Crippen LogP contribution < -0.4 is 5.73 Å². The fourth-order valence-corrected chi connectivity index (χ4v) is 3.09. The molecule has 0 bridgehead atoms. The number of rotatable bonds is 5. The predicted molar refractivity (Wildman–Crippen MR) is 79.6 cm³/mol. The molecule has 0 radical (unpaired) electrons. The summed E-state index contributed by atoms with van der Waals surface area (Å²) in [5.74, 6) is 1.22. The van der Waals surface area contributed by atoms with Crippen LogP contribution in [0.3, 0.4) is 0 Å². The van der Waals surface area contributed by atoms with Gasteiger partial charge < -0.3 is 15.0 Å². The molecular formula is C16H21N3O2. The van der Waals surface area contributed by atoms with Crippen molar-refractivity contribution in [2.24, 2.45) is 5.73 Å². The Labute approximate surface area is 124 Å². The Morgan fingerprint density at radius 2 is 2.05 bits per heavy atom. The second-order valence-electron chi connectivity index (χ2n) is 5.52. The highest BCUT2D eigenvalue weighted by Gasteiger charge is 2.40. The molecule has 112 valence electrons. The Hall–Kier alpha value is -1.72. The van der Waals surface area contributed by atoms with Gasteiger partial charge in [-0.25, -0.2) is 0 Å². The molecule has 1 heterocycles. The maximum Gasteiger partial charge on any atom is 0.258 e. The van der Waals surface area contributed by atoms with Crippen LogP contribution in [-0.4, -0.2) is 23.8 Å². The third-order valence-electron chi connectivity index (χ3n) is 4.30. The van der Waals surface area contributed by atoms with Crippen molar-refractivity contribution in [2.45, 2.75) is 37.7 Å². The molecule has 2 aromatic rings. The highest BCUT2D eigenvalue weighted by molar-refractivity contribution is 5.58. The molecule has 2 N–H and O–H groups in total. The van der Waals surface area contributed by atoms with E-state index in [0.717, 1.165) is 43.2 Å². The summed E-state index contributed by atoms with van der Waals surface area (Å²) in [6.45, 7) is 0.597. The molecule has 0 aliphatic heterocycles. The van der Waals surface area contributed by atoms with Gasteiger partial charge in [-0.2, -0.15) is 4.98 Å². The average Bonchev–Trinajstić information content (AvgIpc) is 3.18. The highest BCUT2D eigenvalue weighted by atomic mass is 16.5. The van der Waals surface area contributed by atoms with E-state index in [-0.39, 0.29) is 5.60 Å². The second-order valence-corrected chi connectivity index (χ2v) is 5.52. The summed E-state index contributed by atoms with van der Waals surface area (Å²) in [7, 11) is 1.73. The first kappa shape index (κ1) is 14.2. The monoisotopic (exact) mass is 287 g/mol. The van der Waals surface area contributed by atoms with E-state index in [9.17, 15) is 0 Å². The molecule has 1 aromatic heterocycles. The summed E-state index contributed by atoms with van der Waals surface area (Å²) in [5, 5.41) is 4.18. The number of nitrogens with zero attached hydrogens (tertiary/aromatic N) is 2. The molecule has 1 aromatic carbocycles. The van der Waals surface area contributed by atoms with Crippen molar-refractivity contribution in [1.82, 2.24) is 10.1 Å². The smallest absolute Gasteiger partial charge is 0.258 e. The second kappa shape index (κ2) is 5.95. The number of benzene rings is 1. The molecule has 5 nitrogen and oxygen atoms in total. The summed E-state index contributed by atoms with van der Waals surface area (Å²) in [6, 6.07) is 8.02. The van der Waals surface area contributed by atoms with E-state index in [4.69, 9.17) is 15.0 Å². The number of hydrogen-bond donors (Lipinski definition) is 1. The zero-order valence-electron chi connectivity index (χ0n) is 12.3. The molecule has 1 fully saturated rings. The van der Waals surface area contributed by atoms with Gasteiger partial charge in [-0.1, -0.05) is 23.4 Å². The van der Waals surface area contributed by atoms with E-state index in [0.29, 0.717) is 18.3 Å². The van der Waals surface area contributed by atoms with Crippen LogP contribution in [0.5, 0.6) is 0 Å². The van der Waals surface area contributed by atoms with E-state index in [1.165, 1.54) is 0 Å². The van der Waals surface area contributed by atoms with E-state index in [1.807, 2.05) is 24.3 Å². The molecule has 0 spiro atoms. The largest absolute Gasteiger partial charge is 0.370 e. The van der Waals surface area contributed by atoms with Gasteiger partial charge in [-0.15, -0.1) is 0 Å². The van der Waals surface area contributed by atoms with Crippen molar-refractivity contribution in [3.05, 3.63) is 35.7 Å². The summed E-state index contributed by atoms with van der Waals surface area (Å²) in [5.41, 5.74) is 7.39. The lowest BCUT2D eigenvalue weighted by atomic mass is 10.0. The van der Waals surface area contributed by atoms with Crippen molar-refractivity contribution in [2.75, 3.05) is 13.7 Å². The van der Waals surface area contributed by atoms with E-state index in [2.05, 4.69) is 10.1 Å². The Balaban J connectivity index is 1.95. The Morgan fingerprint density at radius 1 is 1.29 bits per heavy atom. The lowest BCUT2D eigenvalue weighted by Crippen LogP contribution is -2.25. The van der Waals surface area contributed by atoms with Crippen LogP contribution in [0.4, 0.5) is 0 Å². The topological polar surface area (TPSA) is 74.2 Å². The number of ether oxygens (including phenoxy) is 1. The van der Waals surface area contributed by atoms with Gasteiger partial charge in [0.25, 0.3) is 5.89 Å². The lowest BCUT2D eigenvalue weighted by molar-refractivity contribution is -0.0178. The van der Waals surface area contributed by atoms with Crippen LogP contribution in [-0.2, 0) is 16.8 Å². The van der Waals surface area contributed by atoms with Crippen molar-refractivity contribution in [1.29, 1.82) is 0 Å². The van der Waals surface area contributed by atoms with Crippen LogP contribution in [0.2, 0.25) is 0 Å². The standard InChI is InChI=1S/C16H21N3O2/c1-20-16(9-4-5-10-16)15-18-14(21-19-15)13-7-3-2-6-12(13)8-11-17/h2-3,6-7H,4-5,8-11,17H2,1H3. The van der Waals surface area contributed by atoms with Gasteiger partial charge in [0, 0.05) is 12.7 Å². The van der Waals surface area contributed by atoms with E-state index in [1.54, 1.807) is 7.11 Å². The number of aromatic nitrogens is 2. The first-order chi connectivity index (χ1) is 10.3. The van der Waals surface area contributed by atoms with Crippen LogP contribution in [0.25, 0.3) is 11.5 Å². The fourth-order valence-electron chi connectivity index (χ4n) is 3.09. The molecule has 3 rings (SSSR count). The van der Waals surface area contributed by atoms with Crippen LogP contribution in [0.15, 0.2) is 28.8 Å². The number of nitrogens with two attached hydrogens (primary N) is 1. The lowest BCUT2D eigenvalue weighted by Gasteiger charge is -2.22. The minimum atomic E-state index is -0.370. The molecule has 1 aliphatic carbocycles. The first-order valence-electron chi connectivity index (χ1n) is 7.47. The zero-order chi connectivity index (χ0) is 14.7. The molecule has 1 aliphatic rings. The molecule has 0 atom stereocenters. The molecule has 1 saturated carbocycles. The Morgan fingerprint density at radius 3 is 2.76 bits per heavy atom. The Kier molecular flexibility index (Phi) is 4.03. The predicted octanol–water partition coefficient (Wildman–Crippen LogP) is 2.65. The van der Waals surface area contributed by atoms with E-state index >= 15 is 0 Å². The summed E-state index contributed by atoms with van der Waals surface area (Å²) in [6.07, 6.45) is 4.98. The summed E-state index contributed by atoms with van der Waals surface area (Å²) >= 11 is 0. The molecule has 21 heavy (non-hydrogen) atoms. The van der Waals surface area contributed by atoms with Gasteiger partial charge in [-0.05, 0) is 50.3 Å². The quantitative estimate of drug-likeness (QED) is 0.915. The summed E-state index contributed by atoms with van der Waals surface area (Å²) < 4.78 is 11.2. The third kappa shape index (κ3) is 2.59. The SMILES string of the molecule is COC1(c2noc(-c3ccccc3CCN)n2)CCCC1. The van der Waals surface area contributed by atoms with Crippen molar-refractivity contribution in [3.63, 3.8) is 0 Å².